The largest absolute Gasteiger partial charge is 0.488 e. The number of hydrogen-bond donors (Lipinski definition) is 1. The molecule has 1 aliphatic rings. The molecule has 0 radical (unpaired) electrons. The Morgan fingerprint density at radius 2 is 1.61 bits per heavy atom. The van der Waals surface area contributed by atoms with E-state index in [-0.39, 0.29) is 11.8 Å². The Kier molecular flexibility index (Phi) is 9.13. The topological polar surface area (TPSA) is 110 Å². The highest BCUT2D eigenvalue weighted by Gasteiger charge is 2.27. The van der Waals surface area contributed by atoms with Crippen LogP contribution in [-0.2, 0) is 26.2 Å². The average molecular weight is 612 g/mol. The lowest BCUT2D eigenvalue weighted by Gasteiger charge is -2.25. The summed E-state index contributed by atoms with van der Waals surface area (Å²) in [4.78, 5) is 6.12. The monoisotopic (exact) mass is 611 g/mol. The first kappa shape index (κ1) is 30.6. The molecule has 0 fully saturated rings. The third kappa shape index (κ3) is 6.65. The van der Waals surface area contributed by atoms with E-state index >= 15 is 0 Å². The molecular weight excluding hydrogens is 574 g/mol. The molecule has 8 heteroatoms. The summed E-state index contributed by atoms with van der Waals surface area (Å²) in [5, 5.41) is 13.7. The minimum Gasteiger partial charge on any atom is -0.488 e. The van der Waals surface area contributed by atoms with Crippen molar-refractivity contribution in [1.29, 1.82) is 5.26 Å². The van der Waals surface area contributed by atoms with Gasteiger partial charge in [-0.25, -0.2) is 0 Å². The molecule has 2 heterocycles. The van der Waals surface area contributed by atoms with E-state index in [0.717, 1.165) is 47.5 Å². The molecule has 46 heavy (non-hydrogen) atoms. The van der Waals surface area contributed by atoms with Crippen LogP contribution < -0.4 is 15.2 Å². The molecule has 4 aromatic carbocycles. The van der Waals surface area contributed by atoms with Crippen LogP contribution in [0, 0.1) is 11.5 Å². The molecule has 0 saturated heterocycles. The van der Waals surface area contributed by atoms with Gasteiger partial charge in [0.05, 0.1) is 11.1 Å². The van der Waals surface area contributed by atoms with Crippen LogP contribution in [-0.4, -0.2) is 29.5 Å². The molecule has 8 nitrogen and oxygen atoms in total. The van der Waals surface area contributed by atoms with Crippen molar-refractivity contribution in [3.8, 4) is 40.1 Å². The molecule has 0 unspecified atom stereocenters. The van der Waals surface area contributed by atoms with Crippen molar-refractivity contribution in [3.05, 3.63) is 125 Å². The summed E-state index contributed by atoms with van der Waals surface area (Å²) >= 11 is 0. The standard InChI is InChI=1S/C38H37N5O3/c1-25(2)31-19-32(34(45-23-27-12-8-5-9-13-27)20-33(31)44-22-26-10-6-4-7-11-26)37-35(36(42-46-37)38(40)41-24-39)29-14-15-30-21-43(3)17-16-28(30)18-29/h4-15,18-20,25H,16-17,21-23H2,1-3H3,(H2,40,41). The van der Waals surface area contributed by atoms with Crippen molar-refractivity contribution in [3.63, 3.8) is 0 Å². The molecule has 1 aromatic heterocycles. The van der Waals surface area contributed by atoms with Gasteiger partial charge in [-0.2, -0.15) is 10.3 Å². The van der Waals surface area contributed by atoms with Gasteiger partial charge in [0.15, 0.2) is 17.3 Å². The van der Waals surface area contributed by atoms with Crippen LogP contribution >= 0.6 is 0 Å². The summed E-state index contributed by atoms with van der Waals surface area (Å²) < 4.78 is 19.1. The number of hydrogen-bond acceptors (Lipinski definition) is 7. The number of likely N-dealkylation sites (N-methyl/N-ethyl adjacent to an activating group) is 1. The van der Waals surface area contributed by atoms with Gasteiger partial charge in [-0.15, -0.1) is 0 Å². The number of nitriles is 1. The van der Waals surface area contributed by atoms with Crippen LogP contribution in [0.15, 0.2) is 101 Å². The number of nitrogens with zero attached hydrogens (tertiary/aromatic N) is 4. The highest BCUT2D eigenvalue weighted by molar-refractivity contribution is 6.05. The van der Waals surface area contributed by atoms with Gasteiger partial charge in [0, 0.05) is 19.2 Å². The maximum atomic E-state index is 9.33. The number of ether oxygens (including phenoxy) is 2. The molecule has 5 aromatic rings. The molecule has 0 saturated carbocycles. The highest BCUT2D eigenvalue weighted by atomic mass is 16.5. The Balaban J connectivity index is 1.51. The SMILES string of the molecule is CC(C)c1cc(-c2onc(C(N)=NC#N)c2-c2ccc3c(c2)CCN(C)C3)c(OCc2ccccc2)cc1OCc1ccccc1. The van der Waals surface area contributed by atoms with Gasteiger partial charge < -0.3 is 24.6 Å². The summed E-state index contributed by atoms with van der Waals surface area (Å²) in [6, 6.07) is 30.5. The fraction of sp³-hybridized carbons (Fsp3) is 0.237. The number of rotatable bonds is 10. The smallest absolute Gasteiger partial charge is 0.207 e. The fourth-order valence-corrected chi connectivity index (χ4v) is 5.79. The molecule has 232 valence electrons. The van der Waals surface area contributed by atoms with Crippen molar-refractivity contribution in [2.45, 2.75) is 45.9 Å². The highest BCUT2D eigenvalue weighted by Crippen LogP contribution is 2.45. The lowest BCUT2D eigenvalue weighted by atomic mass is 9.91. The van der Waals surface area contributed by atoms with Gasteiger partial charge in [0.2, 0.25) is 6.19 Å². The number of aromatic nitrogens is 1. The number of fused-ring (bicyclic) bond motifs is 1. The van der Waals surface area contributed by atoms with Crippen molar-refractivity contribution in [2.24, 2.45) is 10.7 Å². The average Bonchev–Trinajstić information content (AvgIpc) is 3.52. The van der Waals surface area contributed by atoms with Crippen LogP contribution in [0.25, 0.3) is 22.5 Å². The van der Waals surface area contributed by atoms with E-state index in [1.165, 1.54) is 11.1 Å². The number of benzene rings is 4. The second-order valence-electron chi connectivity index (χ2n) is 11.9. The van der Waals surface area contributed by atoms with E-state index in [4.69, 9.17) is 19.7 Å². The van der Waals surface area contributed by atoms with E-state index in [9.17, 15) is 5.26 Å². The van der Waals surface area contributed by atoms with E-state index in [1.807, 2.05) is 66.7 Å². The molecular formula is C38H37N5O3. The number of aliphatic imine (C=N–C) groups is 1. The first-order valence-corrected chi connectivity index (χ1v) is 15.5. The van der Waals surface area contributed by atoms with Gasteiger partial charge in [-0.05, 0) is 58.8 Å². The zero-order chi connectivity index (χ0) is 32.0. The van der Waals surface area contributed by atoms with E-state index in [1.54, 1.807) is 6.19 Å². The number of amidine groups is 1. The van der Waals surface area contributed by atoms with Crippen LogP contribution in [0.5, 0.6) is 11.5 Å². The van der Waals surface area contributed by atoms with Gasteiger partial charge >= 0.3 is 0 Å². The van der Waals surface area contributed by atoms with Gasteiger partial charge in [-0.1, -0.05) is 97.9 Å². The van der Waals surface area contributed by atoms with Gasteiger partial charge in [0.1, 0.15) is 24.7 Å². The second kappa shape index (κ2) is 13.7. The third-order valence-electron chi connectivity index (χ3n) is 8.26. The summed E-state index contributed by atoms with van der Waals surface area (Å²) in [5.74, 6) is 1.91. The summed E-state index contributed by atoms with van der Waals surface area (Å²) in [6.07, 6.45) is 2.72. The van der Waals surface area contributed by atoms with Gasteiger partial charge in [-0.3, -0.25) is 0 Å². The van der Waals surface area contributed by atoms with Gasteiger partial charge in [0.25, 0.3) is 0 Å². The van der Waals surface area contributed by atoms with Crippen molar-refractivity contribution in [2.75, 3.05) is 13.6 Å². The first-order chi connectivity index (χ1) is 22.4. The normalized spacial score (nSPS) is 13.3. The summed E-state index contributed by atoms with van der Waals surface area (Å²) in [6.45, 7) is 6.87. The molecule has 1 aliphatic heterocycles. The van der Waals surface area contributed by atoms with Crippen molar-refractivity contribution >= 4 is 5.84 Å². The van der Waals surface area contributed by atoms with Crippen LogP contribution in [0.3, 0.4) is 0 Å². The maximum absolute atomic E-state index is 9.33. The maximum Gasteiger partial charge on any atom is 0.207 e. The van der Waals surface area contributed by atoms with Crippen LogP contribution in [0.1, 0.15) is 53.3 Å². The zero-order valence-corrected chi connectivity index (χ0v) is 26.4. The quantitative estimate of drug-likeness (QED) is 0.0991. The Bertz CT molecular complexity index is 1890. The first-order valence-electron chi connectivity index (χ1n) is 15.5. The fourth-order valence-electron chi connectivity index (χ4n) is 5.79. The lowest BCUT2D eigenvalue weighted by Crippen LogP contribution is -2.26. The Labute approximate surface area is 269 Å². The summed E-state index contributed by atoms with van der Waals surface area (Å²) in [5.41, 5.74) is 14.5. The molecule has 0 amide bonds. The van der Waals surface area contributed by atoms with E-state index in [2.05, 4.69) is 60.2 Å². The minimum absolute atomic E-state index is 0.0106. The Morgan fingerprint density at radius 3 is 2.26 bits per heavy atom. The molecule has 0 atom stereocenters. The summed E-state index contributed by atoms with van der Waals surface area (Å²) in [7, 11) is 2.13. The Morgan fingerprint density at radius 1 is 0.935 bits per heavy atom. The minimum atomic E-state index is -0.0106. The van der Waals surface area contributed by atoms with Crippen molar-refractivity contribution in [1.82, 2.24) is 10.1 Å². The lowest BCUT2D eigenvalue weighted by molar-refractivity contribution is 0.287. The second-order valence-corrected chi connectivity index (χ2v) is 11.9. The number of nitrogens with two attached hydrogens (primary N) is 1. The van der Waals surface area contributed by atoms with E-state index in [0.29, 0.717) is 41.5 Å². The molecule has 0 aliphatic carbocycles. The van der Waals surface area contributed by atoms with Crippen molar-refractivity contribution < 1.29 is 14.0 Å². The predicted molar refractivity (Wildman–Crippen MR) is 179 cm³/mol. The third-order valence-corrected chi connectivity index (χ3v) is 8.26. The zero-order valence-electron chi connectivity index (χ0n) is 26.4. The van der Waals surface area contributed by atoms with E-state index < -0.39 is 0 Å². The molecule has 0 bridgehead atoms. The molecule has 6 rings (SSSR count). The van der Waals surface area contributed by atoms with Crippen LogP contribution in [0.4, 0.5) is 0 Å². The molecule has 0 spiro atoms. The molecule has 2 N–H and O–H groups in total. The predicted octanol–water partition coefficient (Wildman–Crippen LogP) is 7.46. The Hall–Kier alpha value is -5.39. The van der Waals surface area contributed by atoms with Crippen LogP contribution in [0.2, 0.25) is 0 Å².